The van der Waals surface area contributed by atoms with Crippen molar-refractivity contribution in [1.29, 1.82) is 0 Å². The highest BCUT2D eigenvalue weighted by Crippen LogP contribution is 2.25. The first-order valence-corrected chi connectivity index (χ1v) is 9.47. The Balaban J connectivity index is 2.26. The van der Waals surface area contributed by atoms with Gasteiger partial charge in [0.1, 0.15) is 23.7 Å². The van der Waals surface area contributed by atoms with Crippen LogP contribution < -0.4 is 15.4 Å². The summed E-state index contributed by atoms with van der Waals surface area (Å²) in [6, 6.07) is 6.64. The van der Waals surface area contributed by atoms with Gasteiger partial charge in [-0.25, -0.2) is 9.18 Å². The lowest BCUT2D eigenvalue weighted by Gasteiger charge is -2.22. The second kappa shape index (κ2) is 10.8. The summed E-state index contributed by atoms with van der Waals surface area (Å²) >= 11 is 0. The standard InChI is InChI=1S/C21H22FN3O7/c1-12(26)23-17(10-13-5-3-4-6-16(13)22)20(27)24-18(21(28)29)11-14-9-15(25(30)31)7-8-19(14)32-2/h3-9,17-18H,10-11H2,1-2H3,(H,23,26)(H,24,27)(H,28,29)/t17-,18-/m1/s1. The molecule has 0 aliphatic heterocycles. The van der Waals surface area contributed by atoms with Crippen molar-refractivity contribution < 1.29 is 33.5 Å². The minimum absolute atomic E-state index is 0.161. The predicted octanol–water partition coefficient (Wildman–Crippen LogP) is 1.60. The van der Waals surface area contributed by atoms with E-state index < -0.39 is 40.6 Å². The summed E-state index contributed by atoms with van der Waals surface area (Å²) in [5.41, 5.74) is 0.0835. The number of hydrogen-bond acceptors (Lipinski definition) is 6. The summed E-state index contributed by atoms with van der Waals surface area (Å²) < 4.78 is 19.1. The fourth-order valence-electron chi connectivity index (χ4n) is 3.07. The summed E-state index contributed by atoms with van der Waals surface area (Å²) in [6.07, 6.45) is -0.525. The molecule has 0 fully saturated rings. The molecule has 0 saturated carbocycles. The van der Waals surface area contributed by atoms with Gasteiger partial charge in [0.05, 0.1) is 12.0 Å². The highest BCUT2D eigenvalue weighted by molar-refractivity contribution is 5.90. The topological polar surface area (TPSA) is 148 Å². The van der Waals surface area contributed by atoms with Crippen molar-refractivity contribution >= 4 is 23.5 Å². The van der Waals surface area contributed by atoms with Crippen LogP contribution in [-0.2, 0) is 27.2 Å². The molecule has 0 heterocycles. The molecule has 0 aliphatic rings. The molecule has 3 N–H and O–H groups in total. The Hall–Kier alpha value is -4.02. The molecule has 0 saturated heterocycles. The zero-order valence-electron chi connectivity index (χ0n) is 17.3. The smallest absolute Gasteiger partial charge is 0.326 e. The van der Waals surface area contributed by atoms with Gasteiger partial charge in [-0.15, -0.1) is 0 Å². The molecule has 2 amide bonds. The molecular weight excluding hydrogens is 425 g/mol. The van der Waals surface area contributed by atoms with E-state index in [-0.39, 0.29) is 35.4 Å². The van der Waals surface area contributed by atoms with Gasteiger partial charge in [0, 0.05) is 37.5 Å². The Labute approximate surface area is 182 Å². The van der Waals surface area contributed by atoms with Crippen LogP contribution in [0.25, 0.3) is 0 Å². The van der Waals surface area contributed by atoms with E-state index in [0.717, 1.165) is 6.07 Å². The second-order valence-electron chi connectivity index (χ2n) is 6.91. The van der Waals surface area contributed by atoms with Crippen LogP contribution in [0.1, 0.15) is 18.1 Å². The number of nitro groups is 1. The first kappa shape index (κ1) is 24.3. The van der Waals surface area contributed by atoms with Crippen molar-refractivity contribution in [2.75, 3.05) is 7.11 Å². The van der Waals surface area contributed by atoms with Crippen LogP contribution >= 0.6 is 0 Å². The number of benzene rings is 2. The van der Waals surface area contributed by atoms with Crippen LogP contribution in [0.5, 0.6) is 5.75 Å². The molecule has 10 nitrogen and oxygen atoms in total. The number of methoxy groups -OCH3 is 1. The van der Waals surface area contributed by atoms with E-state index in [9.17, 15) is 34.0 Å². The minimum Gasteiger partial charge on any atom is -0.496 e. The van der Waals surface area contributed by atoms with E-state index in [2.05, 4.69) is 10.6 Å². The van der Waals surface area contributed by atoms with Crippen LogP contribution in [0.4, 0.5) is 10.1 Å². The number of carbonyl (C=O) groups is 3. The van der Waals surface area contributed by atoms with Gasteiger partial charge in [-0.05, 0) is 17.7 Å². The Morgan fingerprint density at radius 1 is 1.09 bits per heavy atom. The number of nitro benzene ring substituents is 1. The van der Waals surface area contributed by atoms with Gasteiger partial charge in [-0.2, -0.15) is 0 Å². The number of ether oxygens (including phenoxy) is 1. The lowest BCUT2D eigenvalue weighted by Crippen LogP contribution is -2.52. The molecular formula is C21H22FN3O7. The Bertz CT molecular complexity index is 1030. The Kier molecular flexibility index (Phi) is 8.22. The third-order valence-corrected chi connectivity index (χ3v) is 4.59. The maximum absolute atomic E-state index is 14.0. The Morgan fingerprint density at radius 2 is 1.75 bits per heavy atom. The molecule has 0 aromatic heterocycles. The van der Waals surface area contributed by atoms with E-state index in [0.29, 0.717) is 0 Å². The molecule has 0 radical (unpaired) electrons. The number of carboxylic acid groups (broad SMARTS) is 1. The molecule has 2 aromatic carbocycles. The van der Waals surface area contributed by atoms with Crippen molar-refractivity contribution in [3.8, 4) is 5.75 Å². The maximum atomic E-state index is 14.0. The number of rotatable bonds is 10. The lowest BCUT2D eigenvalue weighted by molar-refractivity contribution is -0.384. The van der Waals surface area contributed by atoms with Gasteiger partial charge in [-0.1, -0.05) is 18.2 Å². The van der Waals surface area contributed by atoms with Gasteiger partial charge >= 0.3 is 5.97 Å². The molecule has 0 spiro atoms. The van der Waals surface area contributed by atoms with E-state index in [1.54, 1.807) is 6.07 Å². The fraction of sp³-hybridized carbons (Fsp3) is 0.286. The minimum atomic E-state index is -1.49. The van der Waals surface area contributed by atoms with E-state index >= 15 is 0 Å². The molecule has 2 aromatic rings. The predicted molar refractivity (Wildman–Crippen MR) is 111 cm³/mol. The van der Waals surface area contributed by atoms with E-state index in [4.69, 9.17) is 4.74 Å². The summed E-state index contributed by atoms with van der Waals surface area (Å²) in [5, 5.41) is 25.3. The third kappa shape index (κ3) is 6.49. The molecule has 0 bridgehead atoms. The largest absolute Gasteiger partial charge is 0.496 e. The summed E-state index contributed by atoms with van der Waals surface area (Å²) in [6.45, 7) is 1.17. The molecule has 0 aliphatic carbocycles. The van der Waals surface area contributed by atoms with E-state index in [1.807, 2.05) is 0 Å². The lowest BCUT2D eigenvalue weighted by atomic mass is 10.0. The number of non-ortho nitro benzene ring substituents is 1. The quantitative estimate of drug-likeness (QED) is 0.370. The average Bonchev–Trinajstić information content (AvgIpc) is 2.73. The van der Waals surface area contributed by atoms with Crippen LogP contribution in [0.2, 0.25) is 0 Å². The van der Waals surface area contributed by atoms with Crippen LogP contribution in [0.3, 0.4) is 0 Å². The highest BCUT2D eigenvalue weighted by Gasteiger charge is 2.28. The monoisotopic (exact) mass is 447 g/mol. The molecule has 0 unspecified atom stereocenters. The molecule has 2 rings (SSSR count). The number of hydrogen-bond donors (Lipinski definition) is 3. The van der Waals surface area contributed by atoms with Gasteiger partial charge in [0.25, 0.3) is 5.69 Å². The van der Waals surface area contributed by atoms with Crippen LogP contribution in [0, 0.1) is 15.9 Å². The number of amides is 2. The zero-order chi connectivity index (χ0) is 23.8. The van der Waals surface area contributed by atoms with Crippen molar-refractivity contribution in [2.45, 2.75) is 31.8 Å². The molecule has 32 heavy (non-hydrogen) atoms. The average molecular weight is 447 g/mol. The summed E-state index contributed by atoms with van der Waals surface area (Å²) in [5.74, 6) is -3.18. The van der Waals surface area contributed by atoms with E-state index in [1.165, 1.54) is 44.4 Å². The highest BCUT2D eigenvalue weighted by atomic mass is 19.1. The maximum Gasteiger partial charge on any atom is 0.326 e. The zero-order valence-corrected chi connectivity index (χ0v) is 17.3. The van der Waals surface area contributed by atoms with Crippen LogP contribution in [0.15, 0.2) is 42.5 Å². The fourth-order valence-corrected chi connectivity index (χ4v) is 3.07. The van der Waals surface area contributed by atoms with Crippen LogP contribution in [-0.4, -0.2) is 47.0 Å². The van der Waals surface area contributed by atoms with Gasteiger partial charge in [0.2, 0.25) is 11.8 Å². The second-order valence-corrected chi connectivity index (χ2v) is 6.91. The number of halogens is 1. The Morgan fingerprint density at radius 3 is 2.31 bits per heavy atom. The molecule has 170 valence electrons. The number of aliphatic carboxylic acids is 1. The van der Waals surface area contributed by atoms with Crippen molar-refractivity contribution in [1.82, 2.24) is 10.6 Å². The van der Waals surface area contributed by atoms with Gasteiger partial charge in [0.15, 0.2) is 0 Å². The normalized spacial score (nSPS) is 12.3. The number of carboxylic acids is 1. The first-order valence-electron chi connectivity index (χ1n) is 9.47. The molecule has 2 atom stereocenters. The number of carbonyl (C=O) groups excluding carboxylic acids is 2. The van der Waals surface area contributed by atoms with Gasteiger partial charge in [-0.3, -0.25) is 19.7 Å². The van der Waals surface area contributed by atoms with Crippen molar-refractivity contribution in [3.05, 3.63) is 69.5 Å². The van der Waals surface area contributed by atoms with Crippen molar-refractivity contribution in [3.63, 3.8) is 0 Å². The molecule has 11 heteroatoms. The third-order valence-electron chi connectivity index (χ3n) is 4.59. The number of nitrogens with one attached hydrogen (secondary N) is 2. The first-order chi connectivity index (χ1) is 15.1. The summed E-state index contributed by atoms with van der Waals surface area (Å²) in [4.78, 5) is 46.5. The SMILES string of the molecule is COc1ccc([N+](=O)[O-])cc1C[C@@H](NC(=O)[C@@H](Cc1ccccc1F)NC(C)=O)C(=O)O. The number of nitrogens with zero attached hydrogens (tertiary/aromatic N) is 1. The summed E-state index contributed by atoms with van der Waals surface area (Å²) in [7, 11) is 1.32. The van der Waals surface area contributed by atoms with Gasteiger partial charge < -0.3 is 20.5 Å². The van der Waals surface area contributed by atoms with Crippen molar-refractivity contribution in [2.24, 2.45) is 0 Å².